The molecular weight excluding hydrogens is 474 g/mol. The summed E-state index contributed by atoms with van der Waals surface area (Å²) in [5.41, 5.74) is 2.14. The van der Waals surface area contributed by atoms with Crippen LogP contribution in [0.3, 0.4) is 0 Å². The molecule has 0 radical (unpaired) electrons. The standard InChI is InChI=1S/C24H20ClN5O3S/c25-19-8-7-17(13-20(19)29-24(33)21-6-2-11-34-21)23(32)26-14-16-4-1-5-18(12-16)28-22(31)15-30-10-3-9-27-30/h1-13H,14-15H2,(H,26,32)(H,28,31)(H,29,33). The molecule has 2 aromatic carbocycles. The molecule has 8 nitrogen and oxygen atoms in total. The van der Waals surface area contributed by atoms with Gasteiger partial charge in [-0.15, -0.1) is 11.3 Å². The first kappa shape index (κ1) is 23.2. The maximum atomic E-state index is 12.7. The minimum Gasteiger partial charge on any atom is -0.348 e. The number of hydrogen-bond donors (Lipinski definition) is 3. The van der Waals surface area contributed by atoms with Gasteiger partial charge in [0, 0.05) is 30.2 Å². The average molecular weight is 494 g/mol. The summed E-state index contributed by atoms with van der Waals surface area (Å²) in [6.45, 7) is 0.358. The summed E-state index contributed by atoms with van der Waals surface area (Å²) >= 11 is 7.51. The van der Waals surface area contributed by atoms with Gasteiger partial charge in [-0.25, -0.2) is 0 Å². The number of rotatable bonds is 8. The van der Waals surface area contributed by atoms with Gasteiger partial charge in [0.1, 0.15) is 6.54 Å². The Morgan fingerprint density at radius 3 is 2.62 bits per heavy atom. The fourth-order valence-electron chi connectivity index (χ4n) is 3.14. The molecule has 0 atom stereocenters. The predicted octanol–water partition coefficient (Wildman–Crippen LogP) is 4.42. The van der Waals surface area contributed by atoms with Crippen LogP contribution in [0, 0.1) is 0 Å². The normalized spacial score (nSPS) is 10.5. The van der Waals surface area contributed by atoms with E-state index in [9.17, 15) is 14.4 Å². The third kappa shape index (κ3) is 6.09. The van der Waals surface area contributed by atoms with Crippen LogP contribution >= 0.6 is 22.9 Å². The van der Waals surface area contributed by atoms with Crippen LogP contribution in [0.4, 0.5) is 11.4 Å². The number of nitrogens with one attached hydrogen (secondary N) is 3. The van der Waals surface area contributed by atoms with E-state index in [0.717, 1.165) is 5.56 Å². The summed E-state index contributed by atoms with van der Waals surface area (Å²) < 4.78 is 1.53. The number of carbonyl (C=O) groups excluding carboxylic acids is 3. The molecule has 0 saturated carbocycles. The summed E-state index contributed by atoms with van der Waals surface area (Å²) in [6, 6.07) is 17.1. The van der Waals surface area contributed by atoms with E-state index in [-0.39, 0.29) is 30.8 Å². The van der Waals surface area contributed by atoms with Gasteiger partial charge in [-0.1, -0.05) is 29.8 Å². The maximum Gasteiger partial charge on any atom is 0.265 e. The summed E-state index contributed by atoms with van der Waals surface area (Å²) in [5, 5.41) is 14.5. The Morgan fingerprint density at radius 2 is 1.85 bits per heavy atom. The zero-order valence-corrected chi connectivity index (χ0v) is 19.4. The van der Waals surface area contributed by atoms with E-state index >= 15 is 0 Å². The quantitative estimate of drug-likeness (QED) is 0.338. The third-order valence-corrected chi connectivity index (χ3v) is 5.95. The molecule has 3 N–H and O–H groups in total. The first-order valence-corrected chi connectivity index (χ1v) is 11.5. The van der Waals surface area contributed by atoms with Gasteiger partial charge >= 0.3 is 0 Å². The zero-order chi connectivity index (χ0) is 23.9. The zero-order valence-electron chi connectivity index (χ0n) is 17.8. The van der Waals surface area contributed by atoms with Gasteiger partial charge < -0.3 is 16.0 Å². The van der Waals surface area contributed by atoms with E-state index in [1.54, 1.807) is 66.3 Å². The molecule has 0 unspecified atom stereocenters. The molecule has 2 heterocycles. The fourth-order valence-corrected chi connectivity index (χ4v) is 3.92. The summed E-state index contributed by atoms with van der Waals surface area (Å²) in [4.78, 5) is 37.7. The van der Waals surface area contributed by atoms with Crippen molar-refractivity contribution in [3.8, 4) is 0 Å². The first-order valence-electron chi connectivity index (χ1n) is 10.3. The Morgan fingerprint density at radius 1 is 0.971 bits per heavy atom. The molecule has 2 aromatic heterocycles. The highest BCUT2D eigenvalue weighted by molar-refractivity contribution is 7.12. The van der Waals surface area contributed by atoms with Crippen molar-refractivity contribution in [2.24, 2.45) is 0 Å². The first-order chi connectivity index (χ1) is 16.5. The molecule has 0 bridgehead atoms. The second kappa shape index (κ2) is 10.8. The fraction of sp³-hybridized carbons (Fsp3) is 0.0833. The van der Waals surface area contributed by atoms with Crippen molar-refractivity contribution in [3.05, 3.63) is 99.5 Å². The van der Waals surface area contributed by atoms with Gasteiger partial charge in [-0.3, -0.25) is 19.1 Å². The van der Waals surface area contributed by atoms with Gasteiger partial charge in [0.15, 0.2) is 0 Å². The number of thiophene rings is 1. The molecule has 0 aliphatic heterocycles. The van der Waals surface area contributed by atoms with Crippen LogP contribution in [0.1, 0.15) is 25.6 Å². The predicted molar refractivity (Wildman–Crippen MR) is 132 cm³/mol. The number of hydrogen-bond acceptors (Lipinski definition) is 5. The van der Waals surface area contributed by atoms with Crippen LogP contribution in [0.15, 0.2) is 78.4 Å². The van der Waals surface area contributed by atoms with Gasteiger partial charge in [0.2, 0.25) is 5.91 Å². The second-order valence-electron chi connectivity index (χ2n) is 7.26. The molecule has 0 aliphatic rings. The monoisotopic (exact) mass is 493 g/mol. The minimum atomic E-state index is -0.323. The van der Waals surface area contributed by atoms with Crippen molar-refractivity contribution in [3.63, 3.8) is 0 Å². The number of anilines is 2. The highest BCUT2D eigenvalue weighted by Crippen LogP contribution is 2.24. The van der Waals surface area contributed by atoms with E-state index in [0.29, 0.717) is 26.8 Å². The van der Waals surface area contributed by atoms with Crippen molar-refractivity contribution in [1.82, 2.24) is 15.1 Å². The smallest absolute Gasteiger partial charge is 0.265 e. The molecule has 10 heteroatoms. The van der Waals surface area contributed by atoms with Gasteiger partial charge in [-0.2, -0.15) is 5.10 Å². The number of aromatic nitrogens is 2. The Bertz CT molecular complexity index is 1310. The molecule has 34 heavy (non-hydrogen) atoms. The van der Waals surface area contributed by atoms with Crippen molar-refractivity contribution in [2.75, 3.05) is 10.6 Å². The lowest BCUT2D eigenvalue weighted by atomic mass is 10.1. The molecule has 4 aromatic rings. The van der Waals surface area contributed by atoms with E-state index in [1.165, 1.54) is 22.1 Å². The molecule has 0 fully saturated rings. The van der Waals surface area contributed by atoms with E-state index in [2.05, 4.69) is 21.0 Å². The van der Waals surface area contributed by atoms with E-state index in [1.807, 2.05) is 6.07 Å². The van der Waals surface area contributed by atoms with Gasteiger partial charge in [0.25, 0.3) is 11.8 Å². The Hall–Kier alpha value is -3.95. The lowest BCUT2D eigenvalue weighted by molar-refractivity contribution is -0.116. The van der Waals surface area contributed by atoms with Crippen LogP contribution in [0.25, 0.3) is 0 Å². The molecule has 0 spiro atoms. The summed E-state index contributed by atoms with van der Waals surface area (Å²) in [7, 11) is 0. The number of carbonyl (C=O) groups is 3. The van der Waals surface area contributed by atoms with Gasteiger partial charge in [-0.05, 0) is 53.4 Å². The minimum absolute atomic E-state index is 0.107. The molecule has 4 rings (SSSR count). The van der Waals surface area contributed by atoms with Gasteiger partial charge in [0.05, 0.1) is 15.6 Å². The third-order valence-electron chi connectivity index (χ3n) is 4.75. The maximum absolute atomic E-state index is 12.7. The summed E-state index contributed by atoms with van der Waals surface area (Å²) in [6.07, 6.45) is 3.32. The molecule has 172 valence electrons. The Kier molecular flexibility index (Phi) is 7.36. The number of amides is 3. The largest absolute Gasteiger partial charge is 0.348 e. The van der Waals surface area contributed by atoms with Crippen LogP contribution in [0.2, 0.25) is 5.02 Å². The van der Waals surface area contributed by atoms with Crippen molar-refractivity contribution in [1.29, 1.82) is 0 Å². The van der Waals surface area contributed by atoms with Crippen molar-refractivity contribution >= 4 is 52.0 Å². The number of benzene rings is 2. The second-order valence-corrected chi connectivity index (χ2v) is 8.62. The Balaban J connectivity index is 1.35. The van der Waals surface area contributed by atoms with Crippen molar-refractivity contribution < 1.29 is 14.4 Å². The topological polar surface area (TPSA) is 105 Å². The molecule has 0 aliphatic carbocycles. The average Bonchev–Trinajstić information content (AvgIpc) is 3.54. The van der Waals surface area contributed by atoms with Crippen LogP contribution in [0.5, 0.6) is 0 Å². The van der Waals surface area contributed by atoms with Crippen LogP contribution in [-0.2, 0) is 17.9 Å². The van der Waals surface area contributed by atoms with E-state index in [4.69, 9.17) is 11.6 Å². The number of nitrogens with zero attached hydrogens (tertiary/aromatic N) is 2. The van der Waals surface area contributed by atoms with Crippen LogP contribution in [-0.4, -0.2) is 27.5 Å². The lowest BCUT2D eigenvalue weighted by Gasteiger charge is -2.11. The molecule has 0 saturated heterocycles. The van der Waals surface area contributed by atoms with Crippen LogP contribution < -0.4 is 16.0 Å². The van der Waals surface area contributed by atoms with Crippen molar-refractivity contribution in [2.45, 2.75) is 13.1 Å². The highest BCUT2D eigenvalue weighted by atomic mass is 35.5. The SMILES string of the molecule is O=C(Cn1cccn1)Nc1cccc(CNC(=O)c2ccc(Cl)c(NC(=O)c3cccs3)c2)c1. The summed E-state index contributed by atoms with van der Waals surface area (Å²) in [5.74, 6) is -0.819. The molecule has 3 amide bonds. The Labute approximate surface area is 204 Å². The lowest BCUT2D eigenvalue weighted by Crippen LogP contribution is -2.23. The molecular formula is C24H20ClN5O3S. The highest BCUT2D eigenvalue weighted by Gasteiger charge is 2.13. The number of halogens is 1. The van der Waals surface area contributed by atoms with E-state index < -0.39 is 0 Å².